The zero-order chi connectivity index (χ0) is 13.3. The molecule has 98 valence electrons. The standard InChI is InChI=1S/C11H14BrN3O2S/c1-11(2,17)5-13-4-8-14-6-3-7(12)18-9(6)10(16)15-8/h3,13,17H,4-5H2,1-2H3,(H,14,15,16). The molecule has 0 aromatic carbocycles. The average molecular weight is 332 g/mol. The van der Waals surface area contributed by atoms with Crippen LogP contribution in [0.2, 0.25) is 0 Å². The molecule has 0 fully saturated rings. The Kier molecular flexibility index (Phi) is 3.86. The van der Waals surface area contributed by atoms with Crippen LogP contribution in [0.5, 0.6) is 0 Å². The predicted molar refractivity (Wildman–Crippen MR) is 75.9 cm³/mol. The molecule has 0 radical (unpaired) electrons. The van der Waals surface area contributed by atoms with Crippen LogP contribution >= 0.6 is 27.3 Å². The lowest BCUT2D eigenvalue weighted by Crippen LogP contribution is -2.35. The molecule has 0 aliphatic carbocycles. The summed E-state index contributed by atoms with van der Waals surface area (Å²) >= 11 is 4.70. The van der Waals surface area contributed by atoms with Gasteiger partial charge in [0.05, 0.1) is 21.4 Å². The summed E-state index contributed by atoms with van der Waals surface area (Å²) in [7, 11) is 0. The van der Waals surface area contributed by atoms with Crippen molar-refractivity contribution in [1.82, 2.24) is 15.3 Å². The van der Waals surface area contributed by atoms with Gasteiger partial charge in [0.2, 0.25) is 0 Å². The number of nitrogens with one attached hydrogen (secondary N) is 2. The lowest BCUT2D eigenvalue weighted by molar-refractivity contribution is 0.0793. The van der Waals surface area contributed by atoms with E-state index in [1.807, 2.05) is 6.07 Å². The van der Waals surface area contributed by atoms with Crippen molar-refractivity contribution in [1.29, 1.82) is 0 Å². The van der Waals surface area contributed by atoms with Gasteiger partial charge in [-0.3, -0.25) is 4.79 Å². The maximum Gasteiger partial charge on any atom is 0.268 e. The predicted octanol–water partition coefficient (Wildman–Crippen LogP) is 1.61. The van der Waals surface area contributed by atoms with Crippen LogP contribution in [-0.4, -0.2) is 27.2 Å². The summed E-state index contributed by atoms with van der Waals surface area (Å²) in [6.07, 6.45) is 0. The fourth-order valence-electron chi connectivity index (χ4n) is 1.53. The van der Waals surface area contributed by atoms with E-state index in [2.05, 4.69) is 31.2 Å². The summed E-state index contributed by atoms with van der Waals surface area (Å²) in [5.41, 5.74) is -0.220. The van der Waals surface area contributed by atoms with Crippen molar-refractivity contribution in [2.45, 2.75) is 26.0 Å². The van der Waals surface area contributed by atoms with E-state index < -0.39 is 5.60 Å². The van der Waals surface area contributed by atoms with Gasteiger partial charge < -0.3 is 15.4 Å². The van der Waals surface area contributed by atoms with Gasteiger partial charge in [-0.05, 0) is 35.8 Å². The second kappa shape index (κ2) is 5.08. The van der Waals surface area contributed by atoms with Gasteiger partial charge in [-0.2, -0.15) is 0 Å². The van der Waals surface area contributed by atoms with E-state index in [4.69, 9.17) is 0 Å². The maximum atomic E-state index is 11.8. The molecular weight excluding hydrogens is 318 g/mol. The number of aromatic nitrogens is 2. The van der Waals surface area contributed by atoms with Crippen LogP contribution in [0.25, 0.3) is 10.2 Å². The average Bonchev–Trinajstić information content (AvgIpc) is 2.57. The molecule has 2 aromatic heterocycles. The second-order valence-corrected chi connectivity index (χ2v) is 7.12. The van der Waals surface area contributed by atoms with Crippen LogP contribution < -0.4 is 10.9 Å². The topological polar surface area (TPSA) is 78.0 Å². The van der Waals surface area contributed by atoms with Crippen LogP contribution in [0.1, 0.15) is 19.7 Å². The number of H-pyrrole nitrogens is 1. The van der Waals surface area contributed by atoms with Gasteiger partial charge in [0, 0.05) is 6.54 Å². The van der Waals surface area contributed by atoms with E-state index in [-0.39, 0.29) is 5.56 Å². The molecule has 0 atom stereocenters. The van der Waals surface area contributed by atoms with Crippen molar-refractivity contribution < 1.29 is 5.11 Å². The van der Waals surface area contributed by atoms with Crippen molar-refractivity contribution in [2.75, 3.05) is 6.54 Å². The normalized spacial score (nSPS) is 12.2. The summed E-state index contributed by atoms with van der Waals surface area (Å²) in [5.74, 6) is 0.571. The van der Waals surface area contributed by atoms with Crippen molar-refractivity contribution in [3.8, 4) is 0 Å². The highest BCUT2D eigenvalue weighted by atomic mass is 79.9. The summed E-state index contributed by atoms with van der Waals surface area (Å²) in [6, 6.07) is 1.83. The molecule has 3 N–H and O–H groups in total. The summed E-state index contributed by atoms with van der Waals surface area (Å²) in [6.45, 7) is 4.29. The van der Waals surface area contributed by atoms with Gasteiger partial charge in [-0.1, -0.05) is 0 Å². The zero-order valence-electron chi connectivity index (χ0n) is 10.1. The number of hydrogen-bond acceptors (Lipinski definition) is 5. The Morgan fingerprint density at radius 1 is 1.61 bits per heavy atom. The van der Waals surface area contributed by atoms with Crippen LogP contribution in [0.15, 0.2) is 14.6 Å². The Labute approximate surface area is 116 Å². The van der Waals surface area contributed by atoms with Crippen molar-refractivity contribution in [3.63, 3.8) is 0 Å². The molecule has 18 heavy (non-hydrogen) atoms. The zero-order valence-corrected chi connectivity index (χ0v) is 12.5. The van der Waals surface area contributed by atoms with Gasteiger partial charge >= 0.3 is 0 Å². The number of nitrogens with zero attached hydrogens (tertiary/aromatic N) is 1. The second-order valence-electron chi connectivity index (χ2n) is 4.69. The number of halogens is 1. The van der Waals surface area contributed by atoms with Gasteiger partial charge in [0.1, 0.15) is 10.5 Å². The Balaban J connectivity index is 2.17. The van der Waals surface area contributed by atoms with Gasteiger partial charge in [-0.25, -0.2) is 4.98 Å². The Morgan fingerprint density at radius 3 is 3.00 bits per heavy atom. The minimum atomic E-state index is -0.782. The Bertz CT molecular complexity index is 615. The molecule has 7 heteroatoms. The first-order valence-corrected chi connectivity index (χ1v) is 7.07. The first-order valence-electron chi connectivity index (χ1n) is 5.46. The molecular formula is C11H14BrN3O2S. The summed E-state index contributed by atoms with van der Waals surface area (Å²) in [5, 5.41) is 12.6. The maximum absolute atomic E-state index is 11.8. The highest BCUT2D eigenvalue weighted by Gasteiger charge is 2.12. The van der Waals surface area contributed by atoms with Crippen LogP contribution in [-0.2, 0) is 6.54 Å². The molecule has 2 heterocycles. The molecule has 2 aromatic rings. The molecule has 5 nitrogen and oxygen atoms in total. The summed E-state index contributed by atoms with van der Waals surface area (Å²) < 4.78 is 1.50. The monoisotopic (exact) mass is 331 g/mol. The van der Waals surface area contributed by atoms with Crippen LogP contribution in [0.4, 0.5) is 0 Å². The number of thiophene rings is 1. The molecule has 0 amide bonds. The van der Waals surface area contributed by atoms with E-state index in [0.717, 1.165) is 3.79 Å². The Hall–Kier alpha value is -0.760. The molecule has 0 bridgehead atoms. The van der Waals surface area contributed by atoms with Gasteiger partial charge in [0.15, 0.2) is 0 Å². The first kappa shape index (κ1) is 13.7. The fraction of sp³-hybridized carbons (Fsp3) is 0.455. The van der Waals surface area contributed by atoms with Crippen molar-refractivity contribution >= 4 is 37.5 Å². The number of aromatic amines is 1. The number of aliphatic hydroxyl groups is 1. The van der Waals surface area contributed by atoms with Crippen molar-refractivity contribution in [3.05, 3.63) is 26.0 Å². The molecule has 0 saturated heterocycles. The largest absolute Gasteiger partial charge is 0.389 e. The lowest BCUT2D eigenvalue weighted by Gasteiger charge is -2.17. The third kappa shape index (κ3) is 3.38. The third-order valence-corrected chi connectivity index (χ3v) is 3.88. The highest BCUT2D eigenvalue weighted by molar-refractivity contribution is 9.11. The lowest BCUT2D eigenvalue weighted by atomic mass is 10.1. The smallest absolute Gasteiger partial charge is 0.268 e. The molecule has 0 aliphatic rings. The van der Waals surface area contributed by atoms with E-state index in [9.17, 15) is 9.90 Å². The molecule has 2 rings (SSSR count). The van der Waals surface area contributed by atoms with Crippen LogP contribution in [0, 0.1) is 0 Å². The SMILES string of the molecule is CC(C)(O)CNCc1nc2cc(Br)sc2c(=O)[nH]1. The van der Waals surface area contributed by atoms with E-state index >= 15 is 0 Å². The molecule has 0 aliphatic heterocycles. The number of rotatable bonds is 4. The van der Waals surface area contributed by atoms with Gasteiger partial charge in [0.25, 0.3) is 5.56 Å². The minimum Gasteiger partial charge on any atom is -0.389 e. The van der Waals surface area contributed by atoms with Crippen LogP contribution in [0.3, 0.4) is 0 Å². The fourth-order valence-corrected chi connectivity index (χ4v) is 2.95. The number of fused-ring (bicyclic) bond motifs is 1. The molecule has 0 saturated carbocycles. The van der Waals surface area contributed by atoms with Crippen molar-refractivity contribution in [2.24, 2.45) is 0 Å². The summed E-state index contributed by atoms with van der Waals surface area (Å²) in [4.78, 5) is 18.9. The van der Waals surface area contributed by atoms with E-state index in [1.54, 1.807) is 13.8 Å². The highest BCUT2D eigenvalue weighted by Crippen LogP contribution is 2.25. The quantitative estimate of drug-likeness (QED) is 0.795. The first-order chi connectivity index (χ1) is 8.35. The van der Waals surface area contributed by atoms with E-state index in [1.165, 1.54) is 11.3 Å². The molecule has 0 spiro atoms. The Morgan fingerprint density at radius 2 is 2.33 bits per heavy atom. The van der Waals surface area contributed by atoms with E-state index in [0.29, 0.717) is 29.1 Å². The minimum absolute atomic E-state index is 0.129. The number of hydrogen-bond donors (Lipinski definition) is 3. The van der Waals surface area contributed by atoms with Gasteiger partial charge in [-0.15, -0.1) is 11.3 Å². The third-order valence-electron chi connectivity index (χ3n) is 2.25. The molecule has 0 unspecified atom stereocenters.